The second-order valence-corrected chi connectivity index (χ2v) is 7.25. The molecule has 0 aliphatic carbocycles. The van der Waals surface area contributed by atoms with Gasteiger partial charge in [0, 0.05) is 12.8 Å². The summed E-state index contributed by atoms with van der Waals surface area (Å²) >= 11 is 1.16. The SMILES string of the molecule is O=C1CC(Sc2n[nH]c(Cc3ccccc3)n2)C(=O)N1c1ccc(F)cc1. The van der Waals surface area contributed by atoms with E-state index in [1.165, 1.54) is 24.3 Å². The van der Waals surface area contributed by atoms with E-state index in [0.29, 0.717) is 23.1 Å². The van der Waals surface area contributed by atoms with Crippen molar-refractivity contribution < 1.29 is 14.0 Å². The molecule has 0 radical (unpaired) electrons. The number of imide groups is 1. The lowest BCUT2D eigenvalue weighted by Gasteiger charge is -2.14. The summed E-state index contributed by atoms with van der Waals surface area (Å²) in [5.74, 6) is -0.388. The van der Waals surface area contributed by atoms with Gasteiger partial charge in [-0.2, -0.15) is 0 Å². The first-order valence-corrected chi connectivity index (χ1v) is 9.22. The highest BCUT2D eigenvalue weighted by Gasteiger charge is 2.40. The largest absolute Gasteiger partial charge is 0.274 e. The number of aromatic nitrogens is 3. The molecule has 2 aromatic carbocycles. The third-order valence-corrected chi connectivity index (χ3v) is 5.21. The van der Waals surface area contributed by atoms with Gasteiger partial charge in [-0.25, -0.2) is 14.3 Å². The van der Waals surface area contributed by atoms with Crippen molar-refractivity contribution in [3.8, 4) is 0 Å². The van der Waals surface area contributed by atoms with Crippen LogP contribution in [-0.2, 0) is 16.0 Å². The van der Waals surface area contributed by atoms with Gasteiger partial charge >= 0.3 is 0 Å². The second-order valence-electron chi connectivity index (χ2n) is 6.08. The maximum absolute atomic E-state index is 13.1. The summed E-state index contributed by atoms with van der Waals surface area (Å²) in [4.78, 5) is 30.4. The van der Waals surface area contributed by atoms with E-state index >= 15 is 0 Å². The predicted molar refractivity (Wildman–Crippen MR) is 98.8 cm³/mol. The van der Waals surface area contributed by atoms with Gasteiger partial charge in [0.1, 0.15) is 16.9 Å². The van der Waals surface area contributed by atoms with Crippen molar-refractivity contribution in [2.24, 2.45) is 0 Å². The number of H-pyrrole nitrogens is 1. The Hall–Kier alpha value is -3.00. The van der Waals surface area contributed by atoms with Crippen LogP contribution < -0.4 is 4.90 Å². The Morgan fingerprint density at radius 3 is 2.59 bits per heavy atom. The first-order valence-electron chi connectivity index (χ1n) is 8.34. The number of rotatable bonds is 5. The van der Waals surface area contributed by atoms with Gasteiger partial charge in [-0.05, 0) is 29.8 Å². The molecule has 136 valence electrons. The zero-order valence-electron chi connectivity index (χ0n) is 14.1. The van der Waals surface area contributed by atoms with Crippen LogP contribution in [0.4, 0.5) is 10.1 Å². The quantitative estimate of drug-likeness (QED) is 0.687. The number of hydrogen-bond donors (Lipinski definition) is 1. The van der Waals surface area contributed by atoms with E-state index in [1.54, 1.807) is 0 Å². The molecule has 0 spiro atoms. The van der Waals surface area contributed by atoms with Crippen LogP contribution in [0, 0.1) is 5.82 Å². The van der Waals surface area contributed by atoms with Gasteiger partial charge in [-0.3, -0.25) is 14.7 Å². The van der Waals surface area contributed by atoms with Gasteiger partial charge in [0.05, 0.1) is 5.69 Å². The predicted octanol–water partition coefficient (Wildman–Crippen LogP) is 2.96. The van der Waals surface area contributed by atoms with Crippen molar-refractivity contribution >= 4 is 29.3 Å². The molecule has 1 N–H and O–H groups in total. The summed E-state index contributed by atoms with van der Waals surface area (Å²) in [6.45, 7) is 0. The second kappa shape index (κ2) is 7.32. The van der Waals surface area contributed by atoms with E-state index in [2.05, 4.69) is 15.2 Å². The fourth-order valence-corrected chi connectivity index (χ4v) is 3.83. The highest BCUT2D eigenvalue weighted by atomic mass is 32.2. The van der Waals surface area contributed by atoms with Gasteiger partial charge < -0.3 is 0 Å². The Balaban J connectivity index is 1.45. The number of halogens is 1. The minimum Gasteiger partial charge on any atom is -0.274 e. The number of carbonyl (C=O) groups is 2. The molecule has 1 aliphatic heterocycles. The van der Waals surface area contributed by atoms with Gasteiger partial charge in [0.2, 0.25) is 17.0 Å². The summed E-state index contributed by atoms with van der Waals surface area (Å²) in [7, 11) is 0. The van der Waals surface area contributed by atoms with Crippen molar-refractivity contribution in [3.63, 3.8) is 0 Å². The molecular formula is C19H15FN4O2S. The van der Waals surface area contributed by atoms with Gasteiger partial charge in [0.15, 0.2) is 0 Å². The van der Waals surface area contributed by atoms with E-state index in [9.17, 15) is 14.0 Å². The van der Waals surface area contributed by atoms with Crippen LogP contribution >= 0.6 is 11.8 Å². The Bertz CT molecular complexity index is 975. The third kappa shape index (κ3) is 3.75. The summed E-state index contributed by atoms with van der Waals surface area (Å²) in [6.07, 6.45) is 0.664. The molecule has 8 heteroatoms. The van der Waals surface area contributed by atoms with E-state index in [-0.39, 0.29) is 18.2 Å². The van der Waals surface area contributed by atoms with Crippen LogP contribution in [-0.4, -0.2) is 32.2 Å². The zero-order chi connectivity index (χ0) is 18.8. The highest BCUT2D eigenvalue weighted by Crippen LogP contribution is 2.32. The van der Waals surface area contributed by atoms with Gasteiger partial charge in [0.25, 0.3) is 0 Å². The van der Waals surface area contributed by atoms with Crippen LogP contribution in [0.15, 0.2) is 59.8 Å². The number of hydrogen-bond acceptors (Lipinski definition) is 5. The first-order chi connectivity index (χ1) is 13.1. The zero-order valence-corrected chi connectivity index (χ0v) is 14.9. The standard InChI is InChI=1S/C19H15FN4O2S/c20-13-6-8-14(9-7-13)24-17(25)11-15(18(24)26)27-19-21-16(22-23-19)10-12-4-2-1-3-5-12/h1-9,15H,10-11H2,(H,21,22,23). The molecular weight excluding hydrogens is 367 g/mol. The molecule has 0 bridgehead atoms. The van der Waals surface area contributed by atoms with Crippen molar-refractivity contribution in [2.45, 2.75) is 23.2 Å². The van der Waals surface area contributed by atoms with Crippen molar-refractivity contribution in [3.05, 3.63) is 71.8 Å². The average molecular weight is 382 g/mol. The Labute approximate surface area is 158 Å². The van der Waals surface area contributed by atoms with Crippen LogP contribution in [0.3, 0.4) is 0 Å². The maximum atomic E-state index is 13.1. The van der Waals surface area contributed by atoms with E-state index in [4.69, 9.17) is 0 Å². The molecule has 1 fully saturated rings. The number of anilines is 1. The van der Waals surface area contributed by atoms with Crippen LogP contribution in [0.5, 0.6) is 0 Å². The van der Waals surface area contributed by atoms with Gasteiger partial charge in [-0.15, -0.1) is 5.10 Å². The number of nitrogens with zero attached hydrogens (tertiary/aromatic N) is 3. The van der Waals surface area contributed by atoms with Crippen LogP contribution in [0.2, 0.25) is 0 Å². The molecule has 1 aliphatic rings. The van der Waals surface area contributed by atoms with Crippen LogP contribution in [0.1, 0.15) is 17.8 Å². The summed E-state index contributed by atoms with van der Waals surface area (Å²) in [5.41, 5.74) is 1.47. The minimum absolute atomic E-state index is 0.0590. The number of benzene rings is 2. The average Bonchev–Trinajstić information content (AvgIpc) is 3.21. The lowest BCUT2D eigenvalue weighted by atomic mass is 10.1. The minimum atomic E-state index is -0.595. The fourth-order valence-electron chi connectivity index (χ4n) is 2.88. The summed E-state index contributed by atoms with van der Waals surface area (Å²) < 4.78 is 13.1. The summed E-state index contributed by atoms with van der Waals surface area (Å²) in [5, 5.41) is 6.84. The van der Waals surface area contributed by atoms with E-state index < -0.39 is 11.1 Å². The number of thioether (sulfide) groups is 1. The van der Waals surface area contributed by atoms with Crippen molar-refractivity contribution in [1.29, 1.82) is 0 Å². The lowest BCUT2D eigenvalue weighted by molar-refractivity contribution is -0.121. The molecule has 0 saturated carbocycles. The smallest absolute Gasteiger partial charge is 0.247 e. The first kappa shape index (κ1) is 17.4. The molecule has 1 atom stereocenters. The normalized spacial score (nSPS) is 16.9. The monoisotopic (exact) mass is 382 g/mol. The Morgan fingerprint density at radius 1 is 1.11 bits per heavy atom. The molecule has 3 aromatic rings. The molecule has 6 nitrogen and oxygen atoms in total. The molecule has 2 amide bonds. The molecule has 1 saturated heterocycles. The molecule has 4 rings (SSSR count). The third-order valence-electron chi connectivity index (χ3n) is 4.16. The van der Waals surface area contributed by atoms with Crippen molar-refractivity contribution in [1.82, 2.24) is 15.2 Å². The van der Waals surface area contributed by atoms with Gasteiger partial charge in [-0.1, -0.05) is 42.1 Å². The topological polar surface area (TPSA) is 79.0 Å². The summed E-state index contributed by atoms with van der Waals surface area (Å²) in [6, 6.07) is 15.1. The number of amides is 2. The molecule has 1 unspecified atom stereocenters. The lowest BCUT2D eigenvalue weighted by Crippen LogP contribution is -2.31. The highest BCUT2D eigenvalue weighted by molar-refractivity contribution is 8.00. The number of aromatic amines is 1. The van der Waals surface area contributed by atoms with E-state index in [1.807, 2.05) is 30.3 Å². The number of nitrogens with one attached hydrogen (secondary N) is 1. The molecule has 1 aromatic heterocycles. The molecule has 27 heavy (non-hydrogen) atoms. The Morgan fingerprint density at radius 2 is 1.85 bits per heavy atom. The fraction of sp³-hybridized carbons (Fsp3) is 0.158. The van der Waals surface area contributed by atoms with Crippen molar-refractivity contribution in [2.75, 3.05) is 4.90 Å². The number of carbonyl (C=O) groups excluding carboxylic acids is 2. The van der Waals surface area contributed by atoms with E-state index in [0.717, 1.165) is 22.2 Å². The maximum Gasteiger partial charge on any atom is 0.247 e. The van der Waals surface area contributed by atoms with Crippen LogP contribution in [0.25, 0.3) is 0 Å². The Kier molecular flexibility index (Phi) is 4.72. The molecule has 2 heterocycles.